The highest BCUT2D eigenvalue weighted by atomic mass is 16.5. The van der Waals surface area contributed by atoms with Crippen LogP contribution in [-0.2, 0) is 9.53 Å². The van der Waals surface area contributed by atoms with Gasteiger partial charge in [-0.05, 0) is 29.3 Å². The van der Waals surface area contributed by atoms with E-state index in [1.807, 2.05) is 36.4 Å². The van der Waals surface area contributed by atoms with E-state index in [2.05, 4.69) is 12.2 Å². The standard InChI is InChI=1S/C20H25NO3/c1-3-4-5-6-11-18(20(23)24-2)21-19(22)17-13-12-15-9-7-8-10-16(15)14-17/h7-10,12-14,18H,3-6,11H2,1-2H3,(H,21,22)/t18-/m0/s1. The molecular formula is C20H25NO3. The maximum absolute atomic E-state index is 12.5. The monoisotopic (exact) mass is 327 g/mol. The third-order valence-electron chi connectivity index (χ3n) is 4.15. The molecule has 2 rings (SSSR count). The minimum Gasteiger partial charge on any atom is -0.467 e. The molecule has 128 valence electrons. The molecule has 0 saturated heterocycles. The molecule has 24 heavy (non-hydrogen) atoms. The Morgan fingerprint density at radius 3 is 2.50 bits per heavy atom. The van der Waals surface area contributed by atoms with Gasteiger partial charge in [0.15, 0.2) is 0 Å². The predicted molar refractivity (Wildman–Crippen MR) is 96.0 cm³/mol. The number of nitrogens with one attached hydrogen (secondary N) is 1. The zero-order valence-corrected chi connectivity index (χ0v) is 14.4. The van der Waals surface area contributed by atoms with Crippen molar-refractivity contribution < 1.29 is 14.3 Å². The maximum atomic E-state index is 12.5. The van der Waals surface area contributed by atoms with Crippen molar-refractivity contribution in [1.82, 2.24) is 5.32 Å². The summed E-state index contributed by atoms with van der Waals surface area (Å²) < 4.78 is 4.82. The van der Waals surface area contributed by atoms with Crippen LogP contribution in [0.2, 0.25) is 0 Å². The molecule has 0 aromatic heterocycles. The number of unbranched alkanes of at least 4 members (excludes halogenated alkanes) is 3. The highest BCUT2D eigenvalue weighted by Crippen LogP contribution is 2.16. The van der Waals surface area contributed by atoms with Crippen LogP contribution in [0, 0.1) is 0 Å². The lowest BCUT2D eigenvalue weighted by Crippen LogP contribution is -2.41. The average molecular weight is 327 g/mol. The zero-order chi connectivity index (χ0) is 17.4. The van der Waals surface area contributed by atoms with Crippen molar-refractivity contribution in [3.63, 3.8) is 0 Å². The number of hydrogen-bond donors (Lipinski definition) is 1. The lowest BCUT2D eigenvalue weighted by Gasteiger charge is -2.16. The Morgan fingerprint density at radius 2 is 1.79 bits per heavy atom. The molecule has 0 aliphatic carbocycles. The molecule has 0 aliphatic rings. The number of fused-ring (bicyclic) bond motifs is 1. The summed E-state index contributed by atoms with van der Waals surface area (Å²) in [7, 11) is 1.35. The summed E-state index contributed by atoms with van der Waals surface area (Å²) in [5, 5.41) is 4.90. The van der Waals surface area contributed by atoms with Gasteiger partial charge in [-0.2, -0.15) is 0 Å². The lowest BCUT2D eigenvalue weighted by atomic mass is 10.0. The second-order valence-corrected chi connectivity index (χ2v) is 5.96. The number of carbonyl (C=O) groups is 2. The fourth-order valence-electron chi connectivity index (χ4n) is 2.74. The molecule has 0 radical (unpaired) electrons. The number of methoxy groups -OCH3 is 1. The van der Waals surface area contributed by atoms with E-state index < -0.39 is 6.04 Å². The number of hydrogen-bond acceptors (Lipinski definition) is 3. The number of rotatable bonds is 8. The van der Waals surface area contributed by atoms with Gasteiger partial charge < -0.3 is 10.1 Å². The van der Waals surface area contributed by atoms with Crippen molar-refractivity contribution in [2.24, 2.45) is 0 Å². The van der Waals surface area contributed by atoms with Gasteiger partial charge in [-0.1, -0.05) is 62.9 Å². The molecule has 1 atom stereocenters. The molecule has 0 heterocycles. The number of benzene rings is 2. The summed E-state index contributed by atoms with van der Waals surface area (Å²) in [6.45, 7) is 2.14. The first-order valence-corrected chi connectivity index (χ1v) is 8.53. The van der Waals surface area contributed by atoms with E-state index >= 15 is 0 Å². The average Bonchev–Trinajstić information content (AvgIpc) is 2.63. The summed E-state index contributed by atoms with van der Waals surface area (Å²) in [5.41, 5.74) is 0.552. The van der Waals surface area contributed by atoms with Crippen LogP contribution in [0.3, 0.4) is 0 Å². The van der Waals surface area contributed by atoms with Gasteiger partial charge in [-0.25, -0.2) is 4.79 Å². The van der Waals surface area contributed by atoms with Crippen LogP contribution in [0.25, 0.3) is 10.8 Å². The van der Waals surface area contributed by atoms with Crippen LogP contribution in [0.5, 0.6) is 0 Å². The first-order chi connectivity index (χ1) is 11.7. The SMILES string of the molecule is CCCCCC[C@H](NC(=O)c1ccc2ccccc2c1)C(=O)OC. The van der Waals surface area contributed by atoms with Crippen molar-refractivity contribution in [3.05, 3.63) is 48.0 Å². The van der Waals surface area contributed by atoms with E-state index in [-0.39, 0.29) is 11.9 Å². The Balaban J connectivity index is 2.05. The fourth-order valence-corrected chi connectivity index (χ4v) is 2.74. The molecule has 2 aromatic rings. The zero-order valence-electron chi connectivity index (χ0n) is 14.4. The quantitative estimate of drug-likeness (QED) is 0.587. The molecule has 0 fully saturated rings. The maximum Gasteiger partial charge on any atom is 0.328 e. The van der Waals surface area contributed by atoms with E-state index in [9.17, 15) is 9.59 Å². The number of amides is 1. The first-order valence-electron chi connectivity index (χ1n) is 8.53. The van der Waals surface area contributed by atoms with Crippen molar-refractivity contribution in [2.75, 3.05) is 7.11 Å². The molecule has 0 aliphatic heterocycles. The lowest BCUT2D eigenvalue weighted by molar-refractivity contribution is -0.143. The Kier molecular flexibility index (Phi) is 6.79. The van der Waals surface area contributed by atoms with E-state index in [1.165, 1.54) is 7.11 Å². The van der Waals surface area contributed by atoms with Crippen LogP contribution in [0.1, 0.15) is 49.4 Å². The van der Waals surface area contributed by atoms with Crippen LogP contribution in [0.4, 0.5) is 0 Å². The van der Waals surface area contributed by atoms with Crippen molar-refractivity contribution in [1.29, 1.82) is 0 Å². The molecular weight excluding hydrogens is 302 g/mol. The molecule has 0 saturated carbocycles. The molecule has 0 bridgehead atoms. The minimum atomic E-state index is -0.592. The van der Waals surface area contributed by atoms with Crippen molar-refractivity contribution in [3.8, 4) is 0 Å². The second kappa shape index (κ2) is 9.06. The Morgan fingerprint density at radius 1 is 1.04 bits per heavy atom. The minimum absolute atomic E-state index is 0.244. The van der Waals surface area contributed by atoms with Gasteiger partial charge >= 0.3 is 5.97 Å². The summed E-state index contributed by atoms with van der Waals surface area (Å²) in [6, 6.07) is 12.8. The molecule has 2 aromatic carbocycles. The summed E-state index contributed by atoms with van der Waals surface area (Å²) >= 11 is 0. The summed E-state index contributed by atoms with van der Waals surface area (Å²) in [5.74, 6) is -0.632. The Bertz CT molecular complexity index is 696. The molecule has 1 N–H and O–H groups in total. The fraction of sp³-hybridized carbons (Fsp3) is 0.400. The van der Waals surface area contributed by atoms with E-state index in [4.69, 9.17) is 4.74 Å². The molecule has 4 nitrogen and oxygen atoms in total. The van der Waals surface area contributed by atoms with Crippen molar-refractivity contribution in [2.45, 2.75) is 45.1 Å². The van der Waals surface area contributed by atoms with Gasteiger partial charge in [0.05, 0.1) is 7.11 Å². The molecule has 0 unspecified atom stereocenters. The van der Waals surface area contributed by atoms with Crippen LogP contribution in [-0.4, -0.2) is 25.0 Å². The third kappa shape index (κ3) is 4.82. The first kappa shape index (κ1) is 18.0. The van der Waals surface area contributed by atoms with Gasteiger partial charge in [0, 0.05) is 5.56 Å². The second-order valence-electron chi connectivity index (χ2n) is 5.96. The largest absolute Gasteiger partial charge is 0.467 e. The number of carbonyl (C=O) groups excluding carboxylic acids is 2. The summed E-state index contributed by atoms with van der Waals surface area (Å²) in [4.78, 5) is 24.4. The van der Waals surface area contributed by atoms with Gasteiger partial charge in [0.1, 0.15) is 6.04 Å². The Labute approximate surface area is 143 Å². The predicted octanol–water partition coefficient (Wildman–Crippen LogP) is 4.08. The third-order valence-corrected chi connectivity index (χ3v) is 4.15. The Hall–Kier alpha value is -2.36. The normalized spacial score (nSPS) is 11.9. The van der Waals surface area contributed by atoms with E-state index in [1.54, 1.807) is 6.07 Å². The van der Waals surface area contributed by atoms with Gasteiger partial charge in [-0.3, -0.25) is 4.79 Å². The molecule has 4 heteroatoms. The molecule has 1 amide bonds. The smallest absolute Gasteiger partial charge is 0.328 e. The van der Waals surface area contributed by atoms with Crippen LogP contribution < -0.4 is 5.32 Å². The summed E-state index contributed by atoms with van der Waals surface area (Å²) in [6.07, 6.45) is 4.81. The van der Waals surface area contributed by atoms with Crippen LogP contribution >= 0.6 is 0 Å². The van der Waals surface area contributed by atoms with Gasteiger partial charge in [-0.15, -0.1) is 0 Å². The number of esters is 1. The van der Waals surface area contributed by atoms with Crippen molar-refractivity contribution >= 4 is 22.6 Å². The number of ether oxygens (including phenoxy) is 1. The highest BCUT2D eigenvalue weighted by Gasteiger charge is 2.21. The van der Waals surface area contributed by atoms with Gasteiger partial charge in [0.2, 0.25) is 0 Å². The van der Waals surface area contributed by atoms with Crippen LogP contribution in [0.15, 0.2) is 42.5 Å². The van der Waals surface area contributed by atoms with E-state index in [0.717, 1.165) is 36.5 Å². The van der Waals surface area contributed by atoms with Gasteiger partial charge in [0.25, 0.3) is 5.91 Å². The topological polar surface area (TPSA) is 55.4 Å². The highest BCUT2D eigenvalue weighted by molar-refractivity contribution is 6.00. The van der Waals surface area contributed by atoms with E-state index in [0.29, 0.717) is 12.0 Å². The molecule has 0 spiro atoms.